The summed E-state index contributed by atoms with van der Waals surface area (Å²) in [4.78, 5) is 12.1. The second-order valence-electron chi connectivity index (χ2n) is 5.67. The van der Waals surface area contributed by atoms with Gasteiger partial charge in [-0.3, -0.25) is 4.79 Å². The molecule has 0 saturated carbocycles. The van der Waals surface area contributed by atoms with Crippen molar-refractivity contribution >= 4 is 5.91 Å². The minimum Gasteiger partial charge on any atom is -0.347 e. The van der Waals surface area contributed by atoms with E-state index in [2.05, 4.69) is 5.32 Å². The third kappa shape index (κ3) is 4.42. The topological polar surface area (TPSA) is 29.1 Å². The Morgan fingerprint density at radius 2 is 1.67 bits per heavy atom. The van der Waals surface area contributed by atoms with E-state index in [1.54, 1.807) is 12.1 Å². The molecule has 0 fully saturated rings. The molecule has 2 nitrogen and oxygen atoms in total. The summed E-state index contributed by atoms with van der Waals surface area (Å²) in [6, 6.07) is 16.1. The van der Waals surface area contributed by atoms with E-state index in [1.807, 2.05) is 44.2 Å². The summed E-state index contributed by atoms with van der Waals surface area (Å²) in [5, 5.41) is 3.00. The van der Waals surface area contributed by atoms with E-state index < -0.39 is 5.54 Å². The van der Waals surface area contributed by atoms with Gasteiger partial charge in [-0.05, 0) is 43.5 Å². The van der Waals surface area contributed by atoms with Crippen molar-refractivity contribution < 1.29 is 9.18 Å². The standard InChI is InChI=1S/C18H20FNO/c1-18(2,15-9-11-16(19)12-10-15)20-17(21)13-8-14-6-4-3-5-7-14/h3-7,9-12H,8,13H2,1-2H3,(H,20,21). The number of aryl methyl sites for hydroxylation is 1. The summed E-state index contributed by atoms with van der Waals surface area (Å²) >= 11 is 0. The average Bonchev–Trinajstić information content (AvgIpc) is 2.46. The van der Waals surface area contributed by atoms with Crippen molar-refractivity contribution in [3.05, 3.63) is 71.5 Å². The zero-order valence-corrected chi connectivity index (χ0v) is 12.4. The van der Waals surface area contributed by atoms with E-state index in [-0.39, 0.29) is 11.7 Å². The molecule has 0 aliphatic rings. The van der Waals surface area contributed by atoms with Crippen LogP contribution in [0.4, 0.5) is 4.39 Å². The first-order valence-electron chi connectivity index (χ1n) is 7.08. The van der Waals surface area contributed by atoms with Gasteiger partial charge < -0.3 is 5.32 Å². The Hall–Kier alpha value is -2.16. The molecule has 0 bridgehead atoms. The minimum absolute atomic E-state index is 0.00632. The van der Waals surface area contributed by atoms with Crippen LogP contribution in [0.1, 0.15) is 31.4 Å². The summed E-state index contributed by atoms with van der Waals surface area (Å²) in [5.74, 6) is -0.280. The molecular weight excluding hydrogens is 265 g/mol. The third-order valence-electron chi connectivity index (χ3n) is 3.50. The largest absolute Gasteiger partial charge is 0.347 e. The van der Waals surface area contributed by atoms with Crippen LogP contribution in [-0.4, -0.2) is 5.91 Å². The molecule has 0 unspecified atom stereocenters. The van der Waals surface area contributed by atoms with Crippen molar-refractivity contribution in [2.24, 2.45) is 0 Å². The summed E-state index contributed by atoms with van der Waals surface area (Å²) in [6.07, 6.45) is 1.15. The van der Waals surface area contributed by atoms with Gasteiger partial charge in [0.15, 0.2) is 0 Å². The fraction of sp³-hybridized carbons (Fsp3) is 0.278. The van der Waals surface area contributed by atoms with Crippen molar-refractivity contribution in [1.29, 1.82) is 0 Å². The van der Waals surface area contributed by atoms with Gasteiger partial charge in [-0.2, -0.15) is 0 Å². The van der Waals surface area contributed by atoms with Gasteiger partial charge in [0.2, 0.25) is 5.91 Å². The van der Waals surface area contributed by atoms with Crippen LogP contribution in [0, 0.1) is 5.82 Å². The summed E-state index contributed by atoms with van der Waals surface area (Å²) in [6.45, 7) is 3.83. The monoisotopic (exact) mass is 285 g/mol. The van der Waals surface area contributed by atoms with Crippen LogP contribution in [0.15, 0.2) is 54.6 Å². The van der Waals surface area contributed by atoms with Gasteiger partial charge in [-0.25, -0.2) is 4.39 Å². The lowest BCUT2D eigenvalue weighted by Crippen LogP contribution is -2.41. The number of carbonyl (C=O) groups is 1. The second-order valence-corrected chi connectivity index (χ2v) is 5.67. The molecule has 0 atom stereocenters. The molecular formula is C18H20FNO. The number of rotatable bonds is 5. The Kier molecular flexibility index (Phi) is 4.73. The first kappa shape index (κ1) is 15.2. The summed E-state index contributed by atoms with van der Waals surface area (Å²) in [7, 11) is 0. The molecule has 0 heterocycles. The fourth-order valence-corrected chi connectivity index (χ4v) is 2.25. The molecule has 2 rings (SSSR count). The molecule has 1 N–H and O–H groups in total. The Morgan fingerprint density at radius 3 is 2.29 bits per heavy atom. The van der Waals surface area contributed by atoms with Crippen molar-refractivity contribution in [3.8, 4) is 0 Å². The van der Waals surface area contributed by atoms with E-state index in [0.29, 0.717) is 12.8 Å². The number of nitrogens with one attached hydrogen (secondary N) is 1. The van der Waals surface area contributed by atoms with E-state index in [1.165, 1.54) is 12.1 Å². The number of hydrogen-bond donors (Lipinski definition) is 1. The SMILES string of the molecule is CC(C)(NC(=O)CCc1ccccc1)c1ccc(F)cc1. The third-order valence-corrected chi connectivity index (χ3v) is 3.50. The average molecular weight is 285 g/mol. The van der Waals surface area contributed by atoms with E-state index in [4.69, 9.17) is 0 Å². The van der Waals surface area contributed by atoms with Crippen molar-refractivity contribution in [2.45, 2.75) is 32.2 Å². The maximum Gasteiger partial charge on any atom is 0.221 e. The van der Waals surface area contributed by atoms with Gasteiger partial charge in [0.25, 0.3) is 0 Å². The summed E-state index contributed by atoms with van der Waals surface area (Å²) in [5.41, 5.74) is 1.52. The highest BCUT2D eigenvalue weighted by atomic mass is 19.1. The summed E-state index contributed by atoms with van der Waals surface area (Å²) < 4.78 is 13.0. The number of benzene rings is 2. The fourth-order valence-electron chi connectivity index (χ4n) is 2.25. The molecule has 0 radical (unpaired) electrons. The van der Waals surface area contributed by atoms with Gasteiger partial charge >= 0.3 is 0 Å². The van der Waals surface area contributed by atoms with Crippen LogP contribution in [0.3, 0.4) is 0 Å². The van der Waals surface area contributed by atoms with Crippen LogP contribution in [-0.2, 0) is 16.8 Å². The number of amides is 1. The number of hydrogen-bond acceptors (Lipinski definition) is 1. The quantitative estimate of drug-likeness (QED) is 0.889. The van der Waals surface area contributed by atoms with Gasteiger partial charge in [-0.15, -0.1) is 0 Å². The second kappa shape index (κ2) is 6.53. The normalized spacial score (nSPS) is 11.2. The molecule has 0 saturated heterocycles. The van der Waals surface area contributed by atoms with Gasteiger partial charge in [0.05, 0.1) is 5.54 Å². The predicted octanol–water partition coefficient (Wildman–Crippen LogP) is 3.81. The lowest BCUT2D eigenvalue weighted by atomic mass is 9.94. The van der Waals surface area contributed by atoms with Crippen molar-refractivity contribution in [3.63, 3.8) is 0 Å². The maximum atomic E-state index is 13.0. The molecule has 0 spiro atoms. The molecule has 110 valence electrons. The van der Waals surface area contributed by atoms with Gasteiger partial charge in [0.1, 0.15) is 5.82 Å². The lowest BCUT2D eigenvalue weighted by Gasteiger charge is -2.27. The van der Waals surface area contributed by atoms with E-state index in [0.717, 1.165) is 11.1 Å². The first-order valence-corrected chi connectivity index (χ1v) is 7.08. The highest BCUT2D eigenvalue weighted by Crippen LogP contribution is 2.20. The van der Waals surface area contributed by atoms with E-state index in [9.17, 15) is 9.18 Å². The minimum atomic E-state index is -0.512. The number of carbonyl (C=O) groups excluding carboxylic acids is 1. The molecule has 2 aromatic carbocycles. The highest BCUT2D eigenvalue weighted by Gasteiger charge is 2.22. The Morgan fingerprint density at radius 1 is 1.05 bits per heavy atom. The zero-order valence-electron chi connectivity index (χ0n) is 12.4. The zero-order chi connectivity index (χ0) is 15.3. The van der Waals surface area contributed by atoms with Gasteiger partial charge in [0, 0.05) is 6.42 Å². The molecule has 0 aromatic heterocycles. The first-order chi connectivity index (χ1) is 9.97. The molecule has 0 aliphatic heterocycles. The van der Waals surface area contributed by atoms with Crippen LogP contribution in [0.2, 0.25) is 0 Å². The molecule has 21 heavy (non-hydrogen) atoms. The molecule has 0 aliphatic carbocycles. The Balaban J connectivity index is 1.93. The number of halogens is 1. The highest BCUT2D eigenvalue weighted by molar-refractivity contribution is 5.77. The lowest BCUT2D eigenvalue weighted by molar-refractivity contribution is -0.122. The maximum absolute atomic E-state index is 13.0. The van der Waals surface area contributed by atoms with Crippen LogP contribution >= 0.6 is 0 Å². The molecule has 1 amide bonds. The van der Waals surface area contributed by atoms with Crippen molar-refractivity contribution in [1.82, 2.24) is 5.32 Å². The van der Waals surface area contributed by atoms with Crippen molar-refractivity contribution in [2.75, 3.05) is 0 Å². The van der Waals surface area contributed by atoms with E-state index >= 15 is 0 Å². The smallest absolute Gasteiger partial charge is 0.221 e. The van der Waals surface area contributed by atoms with Crippen LogP contribution in [0.5, 0.6) is 0 Å². The van der Waals surface area contributed by atoms with Gasteiger partial charge in [-0.1, -0.05) is 42.5 Å². The molecule has 2 aromatic rings. The Labute approximate surface area is 125 Å². The predicted molar refractivity (Wildman–Crippen MR) is 82.3 cm³/mol. The van der Waals surface area contributed by atoms with Crippen LogP contribution in [0.25, 0.3) is 0 Å². The molecule has 3 heteroatoms. The Bertz CT molecular complexity index is 590. The van der Waals surface area contributed by atoms with Crippen LogP contribution < -0.4 is 5.32 Å².